The van der Waals surface area contributed by atoms with Gasteiger partial charge in [0.25, 0.3) is 0 Å². The summed E-state index contributed by atoms with van der Waals surface area (Å²) >= 11 is 0. The van der Waals surface area contributed by atoms with Crippen LogP contribution in [0.1, 0.15) is 18.2 Å². The van der Waals surface area contributed by atoms with Crippen LogP contribution in [0.2, 0.25) is 0 Å². The number of benzene rings is 1. The summed E-state index contributed by atoms with van der Waals surface area (Å²) in [6.07, 6.45) is 2.39. The molecule has 0 spiro atoms. The van der Waals surface area contributed by atoms with Crippen molar-refractivity contribution in [2.45, 2.75) is 18.4 Å². The van der Waals surface area contributed by atoms with E-state index in [0.29, 0.717) is 18.9 Å². The van der Waals surface area contributed by atoms with Gasteiger partial charge in [-0.1, -0.05) is 30.3 Å². The highest BCUT2D eigenvalue weighted by Crippen LogP contribution is 2.29. The van der Waals surface area contributed by atoms with E-state index in [1.807, 2.05) is 30.3 Å². The Morgan fingerprint density at radius 1 is 1.40 bits per heavy atom. The van der Waals surface area contributed by atoms with Gasteiger partial charge in [0.15, 0.2) is 11.7 Å². The number of nitrogens with one attached hydrogen (secondary N) is 1. The molecule has 2 heterocycles. The lowest BCUT2D eigenvalue weighted by atomic mass is 10.1. The third kappa shape index (κ3) is 2.44. The molecule has 1 aliphatic rings. The largest absolute Gasteiger partial charge is 0.468 e. The van der Waals surface area contributed by atoms with Crippen LogP contribution in [0.5, 0.6) is 0 Å². The van der Waals surface area contributed by atoms with Crippen molar-refractivity contribution >= 4 is 5.97 Å². The van der Waals surface area contributed by atoms with Gasteiger partial charge in [-0.05, 0) is 6.42 Å². The summed E-state index contributed by atoms with van der Waals surface area (Å²) in [7, 11) is 1.40. The van der Waals surface area contributed by atoms with E-state index in [2.05, 4.69) is 10.3 Å². The highest BCUT2D eigenvalue weighted by atomic mass is 16.5. The van der Waals surface area contributed by atoms with Crippen molar-refractivity contribution in [2.24, 2.45) is 0 Å². The highest BCUT2D eigenvalue weighted by molar-refractivity contribution is 5.76. The van der Waals surface area contributed by atoms with Gasteiger partial charge in [0, 0.05) is 12.1 Å². The van der Waals surface area contributed by atoms with E-state index in [4.69, 9.17) is 9.15 Å². The van der Waals surface area contributed by atoms with Gasteiger partial charge < -0.3 is 14.5 Å². The molecule has 2 aromatic rings. The summed E-state index contributed by atoms with van der Waals surface area (Å²) < 4.78 is 10.6. The van der Waals surface area contributed by atoms with Crippen LogP contribution in [0.25, 0.3) is 11.3 Å². The van der Waals surface area contributed by atoms with Crippen molar-refractivity contribution in [3.05, 3.63) is 42.4 Å². The van der Waals surface area contributed by atoms with E-state index in [1.54, 1.807) is 6.20 Å². The van der Waals surface area contributed by atoms with Crippen molar-refractivity contribution < 1.29 is 13.9 Å². The molecule has 0 bridgehead atoms. The van der Waals surface area contributed by atoms with Crippen LogP contribution < -0.4 is 5.32 Å². The maximum absolute atomic E-state index is 11.5. The minimum atomic E-state index is -0.267. The van der Waals surface area contributed by atoms with E-state index in [0.717, 1.165) is 11.3 Å². The molecule has 1 N–H and O–H groups in total. The molecule has 3 rings (SSSR count). The maximum Gasteiger partial charge on any atom is 0.322 e. The number of hydrogen-bond donors (Lipinski definition) is 1. The Labute approximate surface area is 117 Å². The number of carbonyl (C=O) groups is 1. The van der Waals surface area contributed by atoms with Crippen molar-refractivity contribution in [3.63, 3.8) is 0 Å². The molecule has 0 saturated carbocycles. The second-order valence-electron chi connectivity index (χ2n) is 4.85. The smallest absolute Gasteiger partial charge is 0.322 e. The van der Waals surface area contributed by atoms with E-state index in [9.17, 15) is 4.79 Å². The first kappa shape index (κ1) is 12.9. The number of esters is 1. The van der Waals surface area contributed by atoms with Crippen LogP contribution in [0.4, 0.5) is 0 Å². The third-order valence-electron chi connectivity index (χ3n) is 3.55. The molecule has 5 heteroatoms. The van der Waals surface area contributed by atoms with Crippen molar-refractivity contribution in [2.75, 3.05) is 13.7 Å². The fourth-order valence-electron chi connectivity index (χ4n) is 2.46. The summed E-state index contributed by atoms with van der Waals surface area (Å²) in [6.45, 7) is 0.675. The van der Waals surface area contributed by atoms with Gasteiger partial charge in [-0.2, -0.15) is 0 Å². The molecule has 0 unspecified atom stereocenters. The zero-order valence-electron chi connectivity index (χ0n) is 11.2. The van der Waals surface area contributed by atoms with E-state index < -0.39 is 0 Å². The molecule has 1 fully saturated rings. The van der Waals surface area contributed by atoms with Crippen LogP contribution in [-0.2, 0) is 9.53 Å². The molecule has 0 amide bonds. The Bertz CT molecular complexity index is 594. The fraction of sp³-hybridized carbons (Fsp3) is 0.333. The Kier molecular flexibility index (Phi) is 3.52. The molecule has 1 aromatic carbocycles. The van der Waals surface area contributed by atoms with E-state index in [-0.39, 0.29) is 17.9 Å². The zero-order valence-corrected chi connectivity index (χ0v) is 11.2. The Morgan fingerprint density at radius 2 is 2.20 bits per heavy atom. The van der Waals surface area contributed by atoms with Gasteiger partial charge in [0.2, 0.25) is 0 Å². The molecule has 1 aromatic heterocycles. The molecular weight excluding hydrogens is 256 g/mol. The van der Waals surface area contributed by atoms with Gasteiger partial charge >= 0.3 is 5.97 Å². The summed E-state index contributed by atoms with van der Waals surface area (Å²) in [5.41, 5.74) is 1.00. The zero-order chi connectivity index (χ0) is 13.9. The second-order valence-corrected chi connectivity index (χ2v) is 4.85. The minimum Gasteiger partial charge on any atom is -0.468 e. The summed E-state index contributed by atoms with van der Waals surface area (Å²) in [4.78, 5) is 15.8. The molecule has 104 valence electrons. The molecule has 0 radical (unpaired) electrons. The monoisotopic (exact) mass is 272 g/mol. The summed E-state index contributed by atoms with van der Waals surface area (Å²) in [5, 5.41) is 3.13. The predicted molar refractivity (Wildman–Crippen MR) is 73.1 cm³/mol. The Morgan fingerprint density at radius 3 is 2.95 bits per heavy atom. The third-order valence-corrected chi connectivity index (χ3v) is 3.55. The van der Waals surface area contributed by atoms with Crippen LogP contribution in [0, 0.1) is 0 Å². The lowest BCUT2D eigenvalue weighted by Crippen LogP contribution is -2.31. The number of hydrogen-bond acceptors (Lipinski definition) is 5. The van der Waals surface area contributed by atoms with Gasteiger partial charge in [0.05, 0.1) is 19.2 Å². The van der Waals surface area contributed by atoms with Crippen molar-refractivity contribution in [1.29, 1.82) is 0 Å². The molecular formula is C15H16N2O3. The first-order valence-electron chi connectivity index (χ1n) is 6.60. The van der Waals surface area contributed by atoms with Gasteiger partial charge in [0.1, 0.15) is 6.04 Å². The Hall–Kier alpha value is -2.14. The lowest BCUT2D eigenvalue weighted by Gasteiger charge is -2.06. The number of ether oxygens (including phenoxy) is 1. The van der Waals surface area contributed by atoms with Gasteiger partial charge in [-0.25, -0.2) is 4.98 Å². The lowest BCUT2D eigenvalue weighted by molar-refractivity contribution is -0.142. The molecule has 5 nitrogen and oxygen atoms in total. The first-order chi connectivity index (χ1) is 9.78. The minimum absolute atomic E-state index is 0.108. The van der Waals surface area contributed by atoms with Crippen LogP contribution in [0.15, 0.2) is 40.9 Å². The average Bonchev–Trinajstić information content (AvgIpc) is 3.16. The van der Waals surface area contributed by atoms with Crippen LogP contribution in [-0.4, -0.2) is 30.6 Å². The SMILES string of the molecule is COC(=O)[C@@H]1C[C@H](c2ncc(-c3ccccc3)o2)CN1. The average molecular weight is 272 g/mol. The van der Waals surface area contributed by atoms with Gasteiger partial charge in [-0.3, -0.25) is 4.79 Å². The van der Waals surface area contributed by atoms with E-state index in [1.165, 1.54) is 7.11 Å². The van der Waals surface area contributed by atoms with Crippen molar-refractivity contribution in [3.8, 4) is 11.3 Å². The Balaban J connectivity index is 1.74. The highest BCUT2D eigenvalue weighted by Gasteiger charge is 2.33. The number of rotatable bonds is 3. The molecule has 0 aliphatic carbocycles. The fourth-order valence-corrected chi connectivity index (χ4v) is 2.46. The first-order valence-corrected chi connectivity index (χ1v) is 6.60. The topological polar surface area (TPSA) is 64.4 Å². The molecule has 1 saturated heterocycles. The van der Waals surface area contributed by atoms with Crippen molar-refractivity contribution in [1.82, 2.24) is 10.3 Å². The van der Waals surface area contributed by atoms with E-state index >= 15 is 0 Å². The van der Waals surface area contributed by atoms with Gasteiger partial charge in [-0.15, -0.1) is 0 Å². The maximum atomic E-state index is 11.5. The number of nitrogens with zero attached hydrogens (tertiary/aromatic N) is 1. The van der Waals surface area contributed by atoms with Crippen LogP contribution in [0.3, 0.4) is 0 Å². The predicted octanol–water partition coefficient (Wildman–Crippen LogP) is 1.96. The number of aromatic nitrogens is 1. The quantitative estimate of drug-likeness (QED) is 0.865. The second kappa shape index (κ2) is 5.46. The molecule has 1 aliphatic heterocycles. The number of oxazole rings is 1. The normalized spacial score (nSPS) is 21.9. The number of carbonyl (C=O) groups excluding carboxylic acids is 1. The summed E-state index contributed by atoms with van der Waals surface area (Å²) in [6, 6.07) is 9.58. The molecule has 20 heavy (non-hydrogen) atoms. The summed E-state index contributed by atoms with van der Waals surface area (Å²) in [5.74, 6) is 1.30. The molecule has 2 atom stereocenters. The number of methoxy groups -OCH3 is 1. The standard InChI is InChI=1S/C15H16N2O3/c1-19-15(18)12-7-11(8-16-12)14-17-9-13(20-14)10-5-3-2-4-6-10/h2-6,9,11-12,16H,7-8H2,1H3/t11-,12-/m0/s1. The van der Waals surface area contributed by atoms with Crippen LogP contribution >= 0.6 is 0 Å².